The summed E-state index contributed by atoms with van der Waals surface area (Å²) in [5.41, 5.74) is 5.18. The van der Waals surface area contributed by atoms with Crippen molar-refractivity contribution in [1.82, 2.24) is 9.13 Å². The van der Waals surface area contributed by atoms with E-state index in [4.69, 9.17) is 20.5 Å². The van der Waals surface area contributed by atoms with Gasteiger partial charge in [-0.1, -0.05) is 6.92 Å². The molecule has 9 nitrogen and oxygen atoms in total. The van der Waals surface area contributed by atoms with Crippen LogP contribution in [-0.2, 0) is 22.5 Å². The molecule has 1 unspecified atom stereocenters. The Labute approximate surface area is 205 Å². The highest BCUT2D eigenvalue weighted by Gasteiger charge is 2.27. The van der Waals surface area contributed by atoms with Gasteiger partial charge in [-0.2, -0.15) is 5.26 Å². The number of halogens is 1. The number of aryl methyl sites for hydroxylation is 2. The molecule has 0 aliphatic heterocycles. The fraction of sp³-hybridized carbons (Fsp3) is 0.417. The van der Waals surface area contributed by atoms with Crippen LogP contribution in [0.4, 0.5) is 4.39 Å². The predicted octanol–water partition coefficient (Wildman–Crippen LogP) is 2.96. The molecular weight excluding hydrogens is 475 g/mol. The van der Waals surface area contributed by atoms with Crippen LogP contribution in [0.2, 0.25) is 0 Å². The third-order valence-corrected chi connectivity index (χ3v) is 7.34. The van der Waals surface area contributed by atoms with E-state index in [1.165, 1.54) is 48.1 Å². The smallest absolute Gasteiger partial charge is 0.332 e. The number of carbonyl (C=O) groups is 1. The van der Waals surface area contributed by atoms with E-state index >= 15 is 0 Å². The second-order valence-corrected chi connectivity index (χ2v) is 9.07. The van der Waals surface area contributed by atoms with Crippen LogP contribution < -0.4 is 21.7 Å². The van der Waals surface area contributed by atoms with Crippen LogP contribution in [0, 0.1) is 24.1 Å². The summed E-state index contributed by atoms with van der Waals surface area (Å²) < 4.78 is 27.7. The van der Waals surface area contributed by atoms with Gasteiger partial charge in [-0.25, -0.2) is 13.8 Å². The summed E-state index contributed by atoms with van der Waals surface area (Å²) in [5.74, 6) is -1.01. The summed E-state index contributed by atoms with van der Waals surface area (Å²) in [6.45, 7) is 5.04. The van der Waals surface area contributed by atoms with Crippen molar-refractivity contribution in [3.8, 4) is 11.8 Å². The molecule has 0 saturated heterocycles. The Morgan fingerprint density at radius 3 is 2.66 bits per heavy atom. The van der Waals surface area contributed by atoms with Crippen molar-refractivity contribution in [2.24, 2.45) is 5.73 Å². The van der Waals surface area contributed by atoms with E-state index in [1.54, 1.807) is 6.92 Å². The van der Waals surface area contributed by atoms with E-state index in [1.807, 2.05) is 13.0 Å². The number of thiophene rings is 1. The number of ether oxygens (including phenoxy) is 2. The maximum atomic E-state index is 14.2. The van der Waals surface area contributed by atoms with Gasteiger partial charge in [0.1, 0.15) is 28.5 Å². The highest BCUT2D eigenvalue weighted by Crippen LogP contribution is 2.33. The number of primary amides is 1. The Kier molecular flexibility index (Phi) is 8.09. The van der Waals surface area contributed by atoms with E-state index in [9.17, 15) is 18.8 Å². The first kappa shape index (κ1) is 26.1. The molecule has 3 rings (SSSR count). The lowest BCUT2D eigenvalue weighted by molar-refractivity contribution is -0.120. The Balaban J connectivity index is 2.31. The molecule has 11 heteroatoms. The topological polar surface area (TPSA) is 129 Å². The number of nitriles is 1. The molecule has 0 spiro atoms. The molecule has 2 N–H and O–H groups in total. The molecule has 1 amide bonds. The van der Waals surface area contributed by atoms with E-state index in [0.717, 1.165) is 15.0 Å². The Hall–Kier alpha value is -3.49. The monoisotopic (exact) mass is 502 g/mol. The van der Waals surface area contributed by atoms with Crippen molar-refractivity contribution in [1.29, 1.82) is 5.26 Å². The van der Waals surface area contributed by atoms with E-state index < -0.39 is 35.1 Å². The largest absolute Gasteiger partial charge is 0.496 e. The summed E-state index contributed by atoms with van der Waals surface area (Å²) in [6.07, 6.45) is -0.170. The second-order valence-electron chi connectivity index (χ2n) is 7.98. The SMILES string of the molecule is CCc1sc2c(c1C)c(=O)n(C(C)C(N)=O)c(=O)n2C[C@H](OCCC#N)c1cc(F)ccc1OC. The minimum Gasteiger partial charge on any atom is -0.496 e. The predicted molar refractivity (Wildman–Crippen MR) is 130 cm³/mol. The molecule has 2 atom stereocenters. The summed E-state index contributed by atoms with van der Waals surface area (Å²) in [5, 5.41) is 9.28. The van der Waals surface area contributed by atoms with Gasteiger partial charge in [0.2, 0.25) is 5.91 Å². The van der Waals surface area contributed by atoms with Gasteiger partial charge in [-0.05, 0) is 44.0 Å². The van der Waals surface area contributed by atoms with Gasteiger partial charge in [0.05, 0.1) is 38.1 Å². The molecule has 186 valence electrons. The summed E-state index contributed by atoms with van der Waals surface area (Å²) >= 11 is 1.31. The minimum absolute atomic E-state index is 0.0275. The summed E-state index contributed by atoms with van der Waals surface area (Å²) in [7, 11) is 1.43. The molecule has 1 aromatic carbocycles. The number of amides is 1. The van der Waals surface area contributed by atoms with Crippen LogP contribution in [0.25, 0.3) is 10.2 Å². The van der Waals surface area contributed by atoms with Gasteiger partial charge < -0.3 is 15.2 Å². The fourth-order valence-electron chi connectivity index (χ4n) is 3.99. The van der Waals surface area contributed by atoms with E-state index in [2.05, 4.69) is 0 Å². The lowest BCUT2D eigenvalue weighted by atomic mass is 10.1. The molecule has 2 heterocycles. The van der Waals surface area contributed by atoms with E-state index in [-0.39, 0.29) is 19.6 Å². The zero-order valence-corrected chi connectivity index (χ0v) is 20.8. The van der Waals surface area contributed by atoms with Crippen LogP contribution in [0.5, 0.6) is 5.75 Å². The van der Waals surface area contributed by atoms with E-state index in [0.29, 0.717) is 28.0 Å². The first-order valence-electron chi connectivity index (χ1n) is 11.0. The number of aromatic nitrogens is 2. The first-order chi connectivity index (χ1) is 16.7. The molecule has 3 aromatic rings. The van der Waals surface area contributed by atoms with Gasteiger partial charge in [0.25, 0.3) is 5.56 Å². The standard InChI is InChI=1S/C24H27FN4O5S/c1-5-19-13(2)20-22(31)29(14(3)21(27)30)24(32)28(23(20)35-19)12-18(34-10-6-9-26)16-11-15(25)7-8-17(16)33-4/h7-8,11,14,18H,5-6,10,12H2,1-4H3,(H2,27,30)/t14?,18-/m0/s1. The van der Waals surface area contributed by atoms with Crippen molar-refractivity contribution < 1.29 is 18.7 Å². The molecule has 0 radical (unpaired) electrons. The Bertz CT molecular complexity index is 1420. The summed E-state index contributed by atoms with van der Waals surface area (Å²) in [4.78, 5) is 40.2. The number of rotatable bonds is 10. The number of hydrogen-bond acceptors (Lipinski definition) is 7. The van der Waals surface area contributed by atoms with Crippen molar-refractivity contribution in [3.63, 3.8) is 0 Å². The van der Waals surface area contributed by atoms with Crippen LogP contribution >= 0.6 is 11.3 Å². The number of nitrogens with two attached hydrogens (primary N) is 1. The number of methoxy groups -OCH3 is 1. The van der Waals surface area contributed by atoms with Crippen molar-refractivity contribution in [2.45, 2.75) is 52.3 Å². The lowest BCUT2D eigenvalue weighted by Crippen LogP contribution is -2.45. The zero-order valence-electron chi connectivity index (χ0n) is 20.0. The maximum Gasteiger partial charge on any atom is 0.332 e. The Morgan fingerprint density at radius 1 is 1.34 bits per heavy atom. The van der Waals surface area contributed by atoms with Crippen molar-refractivity contribution >= 4 is 27.5 Å². The van der Waals surface area contributed by atoms with Gasteiger partial charge in [-0.15, -0.1) is 11.3 Å². The zero-order chi connectivity index (χ0) is 25.9. The number of fused-ring (bicyclic) bond motifs is 1. The van der Waals surface area contributed by atoms with Gasteiger partial charge >= 0.3 is 5.69 Å². The van der Waals surface area contributed by atoms with Crippen LogP contribution in [0.15, 0.2) is 27.8 Å². The number of carbonyl (C=O) groups excluding carboxylic acids is 1. The van der Waals surface area contributed by atoms with Gasteiger partial charge in [0, 0.05) is 10.4 Å². The van der Waals surface area contributed by atoms with Gasteiger partial charge in [-0.3, -0.25) is 14.2 Å². The average Bonchev–Trinajstić information content (AvgIpc) is 3.16. The molecule has 0 aliphatic carbocycles. The molecule has 0 aliphatic rings. The molecule has 0 fully saturated rings. The highest BCUT2D eigenvalue weighted by molar-refractivity contribution is 7.18. The van der Waals surface area contributed by atoms with Crippen LogP contribution in [0.3, 0.4) is 0 Å². The van der Waals surface area contributed by atoms with Crippen molar-refractivity contribution in [2.75, 3.05) is 13.7 Å². The third kappa shape index (κ3) is 4.99. The molecule has 2 aromatic heterocycles. The normalized spacial score (nSPS) is 12.9. The highest BCUT2D eigenvalue weighted by atomic mass is 32.1. The number of nitrogens with zero attached hydrogens (tertiary/aromatic N) is 3. The quantitative estimate of drug-likeness (QED) is 0.424. The number of hydrogen-bond donors (Lipinski definition) is 1. The molecule has 0 saturated carbocycles. The van der Waals surface area contributed by atoms with Crippen LogP contribution in [-0.4, -0.2) is 28.8 Å². The summed E-state index contributed by atoms with van der Waals surface area (Å²) in [6, 6.07) is 4.74. The molecule has 35 heavy (non-hydrogen) atoms. The fourth-order valence-corrected chi connectivity index (χ4v) is 5.23. The minimum atomic E-state index is -1.18. The first-order valence-corrected chi connectivity index (χ1v) is 11.9. The number of benzene rings is 1. The second kappa shape index (κ2) is 10.8. The van der Waals surface area contributed by atoms with Gasteiger partial charge in [0.15, 0.2) is 0 Å². The lowest BCUT2D eigenvalue weighted by Gasteiger charge is -2.23. The average molecular weight is 503 g/mol. The molecule has 0 bridgehead atoms. The van der Waals surface area contributed by atoms with Crippen molar-refractivity contribution in [3.05, 3.63) is 60.9 Å². The third-order valence-electron chi connectivity index (χ3n) is 5.88. The van der Waals surface area contributed by atoms with Crippen LogP contribution in [0.1, 0.15) is 48.4 Å². The Morgan fingerprint density at radius 2 is 2.06 bits per heavy atom. The molecular formula is C24H27FN4O5S. The maximum absolute atomic E-state index is 14.2.